The fourth-order valence-electron chi connectivity index (χ4n) is 2.21. The molecule has 6 nitrogen and oxygen atoms in total. The number of H-pyrrole nitrogens is 2. The van der Waals surface area contributed by atoms with Gasteiger partial charge in [-0.2, -0.15) is 0 Å². The van der Waals surface area contributed by atoms with Crippen molar-refractivity contribution in [2.24, 2.45) is 0 Å². The van der Waals surface area contributed by atoms with E-state index in [2.05, 4.69) is 25.5 Å². The zero-order chi connectivity index (χ0) is 12.4. The average Bonchev–Trinajstić information content (AvgIpc) is 2.77. The third-order valence-corrected chi connectivity index (χ3v) is 3.23. The smallest absolute Gasteiger partial charge is 0.323 e. The number of aromatic nitrogens is 2. The number of hydrogen-bond acceptors (Lipinski definition) is 4. The summed E-state index contributed by atoms with van der Waals surface area (Å²) in [5.41, 5.74) is 2.54. The highest BCUT2D eigenvalue weighted by Crippen LogP contribution is 2.14. The van der Waals surface area contributed by atoms with Gasteiger partial charge in [0, 0.05) is 31.9 Å². The van der Waals surface area contributed by atoms with E-state index in [1.807, 2.05) is 18.2 Å². The molecule has 0 bridgehead atoms. The van der Waals surface area contributed by atoms with Crippen molar-refractivity contribution in [2.45, 2.75) is 0 Å². The molecule has 3 rings (SSSR count). The monoisotopic (exact) mass is 247 g/mol. The normalized spacial score (nSPS) is 17.1. The minimum Gasteiger partial charge on any atom is -0.372 e. The Labute approximate surface area is 104 Å². The highest BCUT2D eigenvalue weighted by Gasteiger charge is 2.08. The molecule has 0 spiro atoms. The van der Waals surface area contributed by atoms with Gasteiger partial charge in [-0.05, 0) is 18.2 Å². The summed E-state index contributed by atoms with van der Waals surface area (Å²) >= 11 is 0. The van der Waals surface area contributed by atoms with Crippen LogP contribution in [-0.4, -0.2) is 47.7 Å². The number of nitrogens with one attached hydrogen (secondary N) is 4. The summed E-state index contributed by atoms with van der Waals surface area (Å²) in [5, 5.41) is 6.70. The topological polar surface area (TPSA) is 76.0 Å². The van der Waals surface area contributed by atoms with Crippen molar-refractivity contribution in [1.82, 2.24) is 20.2 Å². The van der Waals surface area contributed by atoms with Gasteiger partial charge in [0.2, 0.25) is 0 Å². The first-order chi connectivity index (χ1) is 8.81. The third kappa shape index (κ3) is 2.39. The first kappa shape index (κ1) is 11.3. The minimum absolute atomic E-state index is 0.163. The quantitative estimate of drug-likeness (QED) is 0.622. The SMILES string of the molecule is O=c1[nH]c2ccc(NCN3CCNCC3)cc2[nH]1. The molecule has 0 saturated carbocycles. The van der Waals surface area contributed by atoms with Crippen molar-refractivity contribution in [2.75, 3.05) is 38.2 Å². The van der Waals surface area contributed by atoms with Gasteiger partial charge in [0.05, 0.1) is 17.7 Å². The van der Waals surface area contributed by atoms with Crippen LogP contribution in [0.2, 0.25) is 0 Å². The van der Waals surface area contributed by atoms with Crippen molar-refractivity contribution in [1.29, 1.82) is 0 Å². The molecule has 4 N–H and O–H groups in total. The first-order valence-corrected chi connectivity index (χ1v) is 6.20. The fourth-order valence-corrected chi connectivity index (χ4v) is 2.21. The van der Waals surface area contributed by atoms with Crippen LogP contribution < -0.4 is 16.3 Å². The lowest BCUT2D eigenvalue weighted by molar-refractivity contribution is 0.256. The van der Waals surface area contributed by atoms with E-state index < -0.39 is 0 Å². The van der Waals surface area contributed by atoms with Crippen LogP contribution in [0.15, 0.2) is 23.0 Å². The van der Waals surface area contributed by atoms with E-state index in [-0.39, 0.29) is 5.69 Å². The van der Waals surface area contributed by atoms with Crippen molar-refractivity contribution in [3.63, 3.8) is 0 Å². The Hall–Kier alpha value is -1.79. The van der Waals surface area contributed by atoms with E-state index in [4.69, 9.17) is 0 Å². The maximum atomic E-state index is 11.2. The molecular weight excluding hydrogens is 230 g/mol. The number of hydrogen-bond donors (Lipinski definition) is 4. The Morgan fingerprint density at radius 2 is 1.94 bits per heavy atom. The van der Waals surface area contributed by atoms with Crippen molar-refractivity contribution in [3.8, 4) is 0 Å². The Bertz CT molecular complexity index is 581. The van der Waals surface area contributed by atoms with Gasteiger partial charge >= 0.3 is 5.69 Å². The van der Waals surface area contributed by atoms with E-state index in [0.717, 1.165) is 49.6 Å². The second-order valence-corrected chi connectivity index (χ2v) is 4.54. The number of benzene rings is 1. The Morgan fingerprint density at radius 3 is 2.78 bits per heavy atom. The molecule has 0 atom stereocenters. The molecule has 0 aliphatic carbocycles. The summed E-state index contributed by atoms with van der Waals surface area (Å²) in [7, 11) is 0. The van der Waals surface area contributed by atoms with Crippen LogP contribution in [0.5, 0.6) is 0 Å². The minimum atomic E-state index is -0.163. The molecule has 18 heavy (non-hydrogen) atoms. The lowest BCUT2D eigenvalue weighted by Gasteiger charge is -2.27. The zero-order valence-electron chi connectivity index (χ0n) is 10.1. The fraction of sp³-hybridized carbons (Fsp3) is 0.417. The number of fused-ring (bicyclic) bond motifs is 1. The molecule has 0 radical (unpaired) electrons. The predicted molar refractivity (Wildman–Crippen MR) is 71.9 cm³/mol. The van der Waals surface area contributed by atoms with Gasteiger partial charge in [-0.25, -0.2) is 4.79 Å². The van der Waals surface area contributed by atoms with Crippen LogP contribution in [0.4, 0.5) is 5.69 Å². The van der Waals surface area contributed by atoms with Gasteiger partial charge < -0.3 is 20.6 Å². The van der Waals surface area contributed by atoms with Crippen LogP contribution >= 0.6 is 0 Å². The Kier molecular flexibility index (Phi) is 3.04. The van der Waals surface area contributed by atoms with E-state index in [9.17, 15) is 4.79 Å². The largest absolute Gasteiger partial charge is 0.372 e. The lowest BCUT2D eigenvalue weighted by Crippen LogP contribution is -2.45. The number of imidazole rings is 1. The molecule has 2 heterocycles. The molecular formula is C12H17N5O. The number of nitrogens with zero attached hydrogens (tertiary/aromatic N) is 1. The third-order valence-electron chi connectivity index (χ3n) is 3.23. The highest BCUT2D eigenvalue weighted by molar-refractivity contribution is 5.78. The van der Waals surface area contributed by atoms with Gasteiger partial charge in [-0.3, -0.25) is 4.90 Å². The zero-order valence-corrected chi connectivity index (χ0v) is 10.1. The molecule has 1 fully saturated rings. The summed E-state index contributed by atoms with van der Waals surface area (Å²) in [6, 6.07) is 5.84. The average molecular weight is 247 g/mol. The maximum Gasteiger partial charge on any atom is 0.323 e. The molecule has 6 heteroatoms. The maximum absolute atomic E-state index is 11.2. The number of aromatic amines is 2. The predicted octanol–water partition coefficient (Wildman–Crippen LogP) is 0.131. The van der Waals surface area contributed by atoms with Gasteiger partial charge in [-0.1, -0.05) is 0 Å². The van der Waals surface area contributed by atoms with E-state index in [1.54, 1.807) is 0 Å². The molecule has 2 aromatic rings. The Balaban J connectivity index is 1.68. The van der Waals surface area contributed by atoms with Crippen LogP contribution in [-0.2, 0) is 0 Å². The van der Waals surface area contributed by atoms with Crippen LogP contribution in [0.3, 0.4) is 0 Å². The van der Waals surface area contributed by atoms with Gasteiger partial charge in [0.25, 0.3) is 0 Å². The van der Waals surface area contributed by atoms with E-state index in [1.165, 1.54) is 0 Å². The Morgan fingerprint density at radius 1 is 1.17 bits per heavy atom. The number of anilines is 1. The molecule has 1 aromatic heterocycles. The molecule has 96 valence electrons. The molecule has 1 aromatic carbocycles. The van der Waals surface area contributed by atoms with Crippen LogP contribution in [0.1, 0.15) is 0 Å². The number of rotatable bonds is 3. The van der Waals surface area contributed by atoms with E-state index in [0.29, 0.717) is 0 Å². The van der Waals surface area contributed by atoms with Crippen molar-refractivity contribution < 1.29 is 0 Å². The van der Waals surface area contributed by atoms with Crippen molar-refractivity contribution in [3.05, 3.63) is 28.7 Å². The molecule has 1 saturated heterocycles. The lowest BCUT2D eigenvalue weighted by atomic mass is 10.3. The molecule has 0 unspecified atom stereocenters. The summed E-state index contributed by atoms with van der Waals surface area (Å²) in [6.45, 7) is 5.06. The summed E-state index contributed by atoms with van der Waals surface area (Å²) in [5.74, 6) is 0. The number of piperazine rings is 1. The first-order valence-electron chi connectivity index (χ1n) is 6.20. The standard InChI is InChI=1S/C12H17N5O/c18-12-15-10-2-1-9(7-11(10)16-12)14-8-17-5-3-13-4-6-17/h1-2,7,13-14H,3-6,8H2,(H2,15,16,18). The van der Waals surface area contributed by atoms with Crippen molar-refractivity contribution >= 4 is 16.7 Å². The molecule has 1 aliphatic rings. The van der Waals surface area contributed by atoms with Gasteiger partial charge in [0.15, 0.2) is 0 Å². The summed E-state index contributed by atoms with van der Waals surface area (Å²) < 4.78 is 0. The second kappa shape index (κ2) is 4.83. The van der Waals surface area contributed by atoms with Crippen LogP contribution in [0, 0.1) is 0 Å². The van der Waals surface area contributed by atoms with E-state index >= 15 is 0 Å². The second-order valence-electron chi connectivity index (χ2n) is 4.54. The molecule has 1 aliphatic heterocycles. The molecule has 0 amide bonds. The summed E-state index contributed by atoms with van der Waals surface area (Å²) in [4.78, 5) is 19.0. The summed E-state index contributed by atoms with van der Waals surface area (Å²) in [6.07, 6.45) is 0. The van der Waals surface area contributed by atoms with Gasteiger partial charge in [-0.15, -0.1) is 0 Å². The van der Waals surface area contributed by atoms with Gasteiger partial charge in [0.1, 0.15) is 0 Å². The van der Waals surface area contributed by atoms with Crippen LogP contribution in [0.25, 0.3) is 11.0 Å². The highest BCUT2D eigenvalue weighted by atomic mass is 16.1.